The third-order valence-electron chi connectivity index (χ3n) is 7.05. The second-order valence-corrected chi connectivity index (χ2v) is 10.0. The summed E-state index contributed by atoms with van der Waals surface area (Å²) in [7, 11) is 0. The molecule has 1 saturated heterocycles. The first-order chi connectivity index (χ1) is 18.8. The zero-order valence-corrected chi connectivity index (χ0v) is 22.9. The largest absolute Gasteiger partial charge is 0.462 e. The standard InChI is InChI=1S/C28H30ClFN6O3/c1-4-18-14-24(27(37)34-12-8-6-7-9-17(34)3)31-25-15-23(32-36(18)25)20-11-10-19(13-22(20)30)35-16-21(26(29)33-35)28(38)39-5-2/h10-11,13-17H,4-9,12H2,1-3H3/t17-/m1/s1. The first kappa shape index (κ1) is 26.8. The molecular weight excluding hydrogens is 523 g/mol. The Morgan fingerprint density at radius 1 is 1.13 bits per heavy atom. The molecule has 3 aromatic heterocycles. The van der Waals surface area contributed by atoms with E-state index in [-0.39, 0.29) is 34.8 Å². The van der Waals surface area contributed by atoms with Gasteiger partial charge in [-0.15, -0.1) is 0 Å². The van der Waals surface area contributed by atoms with Crippen LogP contribution in [-0.4, -0.2) is 60.3 Å². The summed E-state index contributed by atoms with van der Waals surface area (Å²) in [5, 5.41) is 8.69. The number of halogens is 2. The molecule has 5 rings (SSSR count). The van der Waals surface area contributed by atoms with Crippen LogP contribution in [0.15, 0.2) is 36.5 Å². The van der Waals surface area contributed by atoms with Crippen molar-refractivity contribution >= 4 is 29.1 Å². The zero-order chi connectivity index (χ0) is 27.7. The smallest absolute Gasteiger partial charge is 0.342 e. The highest BCUT2D eigenvalue weighted by atomic mass is 35.5. The van der Waals surface area contributed by atoms with Crippen molar-refractivity contribution in [1.82, 2.24) is 29.3 Å². The molecule has 0 unspecified atom stereocenters. The molecule has 0 N–H and O–H groups in total. The molecule has 0 bridgehead atoms. The Morgan fingerprint density at radius 2 is 1.95 bits per heavy atom. The number of carbonyl (C=O) groups excluding carboxylic acids is 2. The molecule has 11 heteroatoms. The fraction of sp³-hybridized carbons (Fsp3) is 0.393. The van der Waals surface area contributed by atoms with Crippen LogP contribution in [0.25, 0.3) is 22.6 Å². The van der Waals surface area contributed by atoms with Gasteiger partial charge in [0.05, 0.1) is 18.0 Å². The van der Waals surface area contributed by atoms with Gasteiger partial charge in [-0.25, -0.2) is 23.4 Å². The average molecular weight is 553 g/mol. The van der Waals surface area contributed by atoms with Gasteiger partial charge in [0, 0.05) is 42.2 Å². The molecule has 1 amide bonds. The minimum atomic E-state index is -0.599. The number of esters is 1. The van der Waals surface area contributed by atoms with Crippen molar-refractivity contribution in [2.24, 2.45) is 0 Å². The molecule has 1 aliphatic rings. The minimum absolute atomic E-state index is 0.0311. The SMILES string of the molecule is CCOC(=O)c1cn(-c2ccc(-c3cc4nc(C(=O)N5CCCCC[C@H]5C)cc(CC)n4n3)c(F)c2)nc1Cl. The second kappa shape index (κ2) is 11.1. The fourth-order valence-electron chi connectivity index (χ4n) is 4.94. The van der Waals surface area contributed by atoms with Crippen molar-refractivity contribution in [3.05, 3.63) is 64.5 Å². The summed E-state index contributed by atoms with van der Waals surface area (Å²) in [5.41, 5.74) is 2.81. The van der Waals surface area contributed by atoms with Crippen molar-refractivity contribution in [1.29, 1.82) is 0 Å². The number of fused-ring (bicyclic) bond motifs is 1. The monoisotopic (exact) mass is 552 g/mol. The number of likely N-dealkylation sites (tertiary alicyclic amines) is 1. The molecule has 1 atom stereocenters. The van der Waals surface area contributed by atoms with Crippen LogP contribution < -0.4 is 0 Å². The van der Waals surface area contributed by atoms with Gasteiger partial charge in [-0.05, 0) is 51.3 Å². The number of nitrogens with zero attached hydrogens (tertiary/aromatic N) is 6. The van der Waals surface area contributed by atoms with Gasteiger partial charge in [-0.2, -0.15) is 10.2 Å². The van der Waals surface area contributed by atoms with Crippen LogP contribution in [0.5, 0.6) is 0 Å². The van der Waals surface area contributed by atoms with E-state index in [1.54, 1.807) is 35.7 Å². The first-order valence-electron chi connectivity index (χ1n) is 13.2. The molecular formula is C28H30ClFN6O3. The fourth-order valence-corrected chi connectivity index (χ4v) is 5.15. The van der Waals surface area contributed by atoms with Crippen LogP contribution in [0.3, 0.4) is 0 Å². The van der Waals surface area contributed by atoms with Crippen LogP contribution in [0.2, 0.25) is 5.15 Å². The van der Waals surface area contributed by atoms with E-state index in [0.717, 1.165) is 37.9 Å². The van der Waals surface area contributed by atoms with Crippen molar-refractivity contribution in [2.45, 2.75) is 58.9 Å². The number of amides is 1. The van der Waals surface area contributed by atoms with E-state index in [1.165, 1.54) is 16.9 Å². The zero-order valence-electron chi connectivity index (χ0n) is 22.2. The van der Waals surface area contributed by atoms with Crippen LogP contribution in [0.4, 0.5) is 4.39 Å². The lowest BCUT2D eigenvalue weighted by Gasteiger charge is -2.27. The van der Waals surface area contributed by atoms with Gasteiger partial charge in [0.15, 0.2) is 10.8 Å². The summed E-state index contributed by atoms with van der Waals surface area (Å²) in [4.78, 5) is 32.0. The summed E-state index contributed by atoms with van der Waals surface area (Å²) in [6.45, 7) is 6.68. The van der Waals surface area contributed by atoms with E-state index in [9.17, 15) is 9.59 Å². The topological polar surface area (TPSA) is 94.6 Å². The highest BCUT2D eigenvalue weighted by Crippen LogP contribution is 2.27. The quantitative estimate of drug-likeness (QED) is 0.292. The number of benzene rings is 1. The molecule has 4 aromatic rings. The molecule has 204 valence electrons. The van der Waals surface area contributed by atoms with Crippen molar-refractivity contribution < 1.29 is 18.7 Å². The number of aromatic nitrogens is 5. The Bertz CT molecular complexity index is 1550. The van der Waals surface area contributed by atoms with Crippen LogP contribution in [0, 0.1) is 5.82 Å². The normalized spacial score (nSPS) is 15.9. The Morgan fingerprint density at radius 3 is 2.69 bits per heavy atom. The van der Waals surface area contributed by atoms with Gasteiger partial charge in [-0.1, -0.05) is 31.4 Å². The number of rotatable bonds is 6. The van der Waals surface area contributed by atoms with Crippen LogP contribution in [-0.2, 0) is 11.2 Å². The number of carbonyl (C=O) groups is 2. The summed E-state index contributed by atoms with van der Waals surface area (Å²) < 4.78 is 23.3. The van der Waals surface area contributed by atoms with Crippen molar-refractivity contribution in [3.63, 3.8) is 0 Å². The summed E-state index contributed by atoms with van der Waals surface area (Å²) >= 11 is 6.09. The van der Waals surface area contributed by atoms with Crippen LogP contribution >= 0.6 is 11.6 Å². The maximum Gasteiger partial charge on any atom is 0.342 e. The maximum absolute atomic E-state index is 15.4. The van der Waals surface area contributed by atoms with E-state index >= 15 is 4.39 Å². The van der Waals surface area contributed by atoms with Gasteiger partial charge in [0.2, 0.25) is 0 Å². The molecule has 1 fully saturated rings. The molecule has 0 spiro atoms. The molecule has 1 aliphatic heterocycles. The van der Waals surface area contributed by atoms with E-state index in [1.807, 2.05) is 11.8 Å². The Labute approximate surface area is 230 Å². The number of ether oxygens (including phenoxy) is 1. The second-order valence-electron chi connectivity index (χ2n) is 9.65. The van der Waals surface area contributed by atoms with E-state index in [4.69, 9.17) is 16.3 Å². The Hall–Kier alpha value is -3.79. The third kappa shape index (κ3) is 5.25. The van der Waals surface area contributed by atoms with Crippen molar-refractivity contribution in [3.8, 4) is 16.9 Å². The average Bonchev–Trinajstić information content (AvgIpc) is 3.46. The predicted octanol–water partition coefficient (Wildman–Crippen LogP) is 5.52. The highest BCUT2D eigenvalue weighted by Gasteiger charge is 2.25. The number of hydrogen-bond acceptors (Lipinski definition) is 6. The molecule has 4 heterocycles. The molecule has 39 heavy (non-hydrogen) atoms. The van der Waals surface area contributed by atoms with Gasteiger partial charge in [-0.3, -0.25) is 4.79 Å². The van der Waals surface area contributed by atoms with Gasteiger partial charge >= 0.3 is 5.97 Å². The van der Waals surface area contributed by atoms with E-state index in [0.29, 0.717) is 29.1 Å². The third-order valence-corrected chi connectivity index (χ3v) is 7.33. The summed E-state index contributed by atoms with van der Waals surface area (Å²) in [6, 6.07) is 8.17. The molecule has 0 radical (unpaired) electrons. The number of aryl methyl sites for hydroxylation is 1. The maximum atomic E-state index is 15.4. The lowest BCUT2D eigenvalue weighted by molar-refractivity contribution is 0.0526. The van der Waals surface area contributed by atoms with Crippen LogP contribution in [0.1, 0.15) is 73.0 Å². The highest BCUT2D eigenvalue weighted by molar-refractivity contribution is 6.32. The lowest BCUT2D eigenvalue weighted by atomic mass is 10.1. The molecule has 0 saturated carbocycles. The summed E-state index contributed by atoms with van der Waals surface area (Å²) in [6.07, 6.45) is 6.24. The summed E-state index contributed by atoms with van der Waals surface area (Å²) in [5.74, 6) is -1.22. The van der Waals surface area contributed by atoms with Crippen molar-refractivity contribution in [2.75, 3.05) is 13.2 Å². The van der Waals surface area contributed by atoms with E-state index < -0.39 is 11.8 Å². The number of hydrogen-bond donors (Lipinski definition) is 0. The van der Waals surface area contributed by atoms with Gasteiger partial charge in [0.25, 0.3) is 5.91 Å². The van der Waals surface area contributed by atoms with E-state index in [2.05, 4.69) is 22.1 Å². The minimum Gasteiger partial charge on any atom is -0.462 e. The van der Waals surface area contributed by atoms with Gasteiger partial charge < -0.3 is 9.64 Å². The predicted molar refractivity (Wildman–Crippen MR) is 145 cm³/mol. The lowest BCUT2D eigenvalue weighted by Crippen LogP contribution is -2.38. The Balaban J connectivity index is 1.47. The molecule has 9 nitrogen and oxygen atoms in total. The van der Waals surface area contributed by atoms with Gasteiger partial charge in [0.1, 0.15) is 17.1 Å². The Kier molecular flexibility index (Phi) is 7.65. The first-order valence-corrected chi connectivity index (χ1v) is 13.6. The molecule has 1 aromatic carbocycles. The molecule has 0 aliphatic carbocycles.